The van der Waals surface area contributed by atoms with Crippen molar-refractivity contribution in [2.24, 2.45) is 12.0 Å². The number of carbonyl (C=O) groups is 1. The summed E-state index contributed by atoms with van der Waals surface area (Å²) in [5.41, 5.74) is 0.586. The number of likely N-dealkylation sites (tertiary alicyclic amines) is 1. The molecule has 2 heterocycles. The van der Waals surface area contributed by atoms with Crippen LogP contribution in [-0.4, -0.2) is 58.0 Å². The van der Waals surface area contributed by atoms with Crippen LogP contribution in [0.2, 0.25) is 0 Å². The summed E-state index contributed by atoms with van der Waals surface area (Å²) in [6, 6.07) is 0.0668. The van der Waals surface area contributed by atoms with Gasteiger partial charge in [0.05, 0.1) is 18.8 Å². The quantitative estimate of drug-likeness (QED) is 0.394. The molecular formula is C17H31IN6O2. The van der Waals surface area contributed by atoms with Gasteiger partial charge in [0.15, 0.2) is 5.96 Å². The van der Waals surface area contributed by atoms with Gasteiger partial charge < -0.3 is 20.3 Å². The van der Waals surface area contributed by atoms with E-state index in [2.05, 4.69) is 25.6 Å². The Balaban J connectivity index is 0.00000338. The maximum Gasteiger partial charge on any atom is 0.407 e. The summed E-state index contributed by atoms with van der Waals surface area (Å²) < 4.78 is 7.10. The Labute approximate surface area is 172 Å². The third-order valence-corrected chi connectivity index (χ3v) is 3.71. The van der Waals surface area contributed by atoms with E-state index in [9.17, 15) is 4.79 Å². The Hall–Kier alpha value is -1.52. The van der Waals surface area contributed by atoms with Gasteiger partial charge in [-0.1, -0.05) is 0 Å². The van der Waals surface area contributed by atoms with E-state index in [-0.39, 0.29) is 36.1 Å². The number of nitrogens with zero attached hydrogens (tertiary/aromatic N) is 4. The number of ether oxygens (including phenoxy) is 1. The van der Waals surface area contributed by atoms with E-state index >= 15 is 0 Å². The Morgan fingerprint density at radius 1 is 1.46 bits per heavy atom. The molecule has 9 heteroatoms. The number of aryl methyl sites for hydroxylation is 1. The Morgan fingerprint density at radius 2 is 2.19 bits per heavy atom. The number of rotatable bonds is 4. The lowest BCUT2D eigenvalue weighted by atomic mass is 10.2. The summed E-state index contributed by atoms with van der Waals surface area (Å²) >= 11 is 0. The van der Waals surface area contributed by atoms with Crippen molar-refractivity contribution in [3.05, 3.63) is 18.0 Å². The van der Waals surface area contributed by atoms with Crippen LogP contribution in [0.4, 0.5) is 4.79 Å². The molecule has 1 aliphatic rings. The van der Waals surface area contributed by atoms with Gasteiger partial charge in [0.25, 0.3) is 0 Å². The zero-order valence-corrected chi connectivity index (χ0v) is 18.6. The molecule has 0 saturated carbocycles. The molecule has 0 aliphatic carbocycles. The van der Waals surface area contributed by atoms with Crippen molar-refractivity contribution in [3.8, 4) is 0 Å². The zero-order valence-electron chi connectivity index (χ0n) is 16.3. The lowest BCUT2D eigenvalue weighted by Gasteiger charge is -2.23. The fourth-order valence-corrected chi connectivity index (χ4v) is 2.69. The largest absolute Gasteiger partial charge is 0.444 e. The van der Waals surface area contributed by atoms with E-state index in [0.29, 0.717) is 6.54 Å². The third-order valence-electron chi connectivity index (χ3n) is 3.71. The second-order valence-corrected chi connectivity index (χ2v) is 7.27. The number of nitrogens with one attached hydrogen (secondary N) is 2. The summed E-state index contributed by atoms with van der Waals surface area (Å²) in [7, 11) is 1.89. The zero-order chi connectivity index (χ0) is 18.4. The van der Waals surface area contributed by atoms with Gasteiger partial charge in [0, 0.05) is 38.4 Å². The maximum atomic E-state index is 11.9. The number of halogens is 1. The van der Waals surface area contributed by atoms with Crippen molar-refractivity contribution in [1.82, 2.24) is 25.3 Å². The highest BCUT2D eigenvalue weighted by atomic mass is 127. The highest BCUT2D eigenvalue weighted by Crippen LogP contribution is 2.12. The SMILES string of the molecule is CCNC(=NCc1cnn(C)c1)N1CCC(NC(=O)OC(C)(C)C)C1.I. The minimum Gasteiger partial charge on any atom is -0.444 e. The molecular weight excluding hydrogens is 447 g/mol. The fraction of sp³-hybridized carbons (Fsp3) is 0.706. The molecule has 1 aliphatic heterocycles. The molecule has 148 valence electrons. The van der Waals surface area contributed by atoms with Crippen LogP contribution < -0.4 is 10.6 Å². The van der Waals surface area contributed by atoms with Gasteiger partial charge >= 0.3 is 6.09 Å². The lowest BCUT2D eigenvalue weighted by Crippen LogP contribution is -2.44. The number of guanidine groups is 1. The summed E-state index contributed by atoms with van der Waals surface area (Å²) in [6.07, 6.45) is 4.29. The van der Waals surface area contributed by atoms with Crippen LogP contribution in [0.25, 0.3) is 0 Å². The summed E-state index contributed by atoms with van der Waals surface area (Å²) in [4.78, 5) is 18.8. The van der Waals surface area contributed by atoms with Crippen molar-refractivity contribution in [1.29, 1.82) is 0 Å². The number of aromatic nitrogens is 2. The number of aliphatic imine (C=N–C) groups is 1. The van der Waals surface area contributed by atoms with Crippen LogP contribution in [0.3, 0.4) is 0 Å². The molecule has 1 aromatic rings. The van der Waals surface area contributed by atoms with Crippen LogP contribution in [0.15, 0.2) is 17.4 Å². The molecule has 1 saturated heterocycles. The average molecular weight is 478 g/mol. The summed E-state index contributed by atoms with van der Waals surface area (Å²) in [5.74, 6) is 0.861. The van der Waals surface area contributed by atoms with Crippen molar-refractivity contribution < 1.29 is 9.53 Å². The average Bonchev–Trinajstić information content (AvgIpc) is 3.10. The number of hydrogen-bond acceptors (Lipinski definition) is 4. The molecule has 2 rings (SSSR count). The normalized spacial score (nSPS) is 17.7. The minimum atomic E-state index is -0.484. The Kier molecular flexibility index (Phi) is 8.65. The molecule has 0 radical (unpaired) electrons. The van der Waals surface area contributed by atoms with E-state index in [4.69, 9.17) is 4.74 Å². The monoisotopic (exact) mass is 478 g/mol. The van der Waals surface area contributed by atoms with Gasteiger partial charge in [-0.2, -0.15) is 5.10 Å². The predicted molar refractivity (Wildman–Crippen MR) is 113 cm³/mol. The first-order chi connectivity index (χ1) is 11.8. The maximum absolute atomic E-state index is 11.9. The highest BCUT2D eigenvalue weighted by molar-refractivity contribution is 14.0. The summed E-state index contributed by atoms with van der Waals surface area (Å²) in [6.45, 7) is 10.6. The van der Waals surface area contributed by atoms with Gasteiger partial charge in [-0.3, -0.25) is 4.68 Å². The Bertz CT molecular complexity index is 611. The van der Waals surface area contributed by atoms with E-state index < -0.39 is 5.60 Å². The van der Waals surface area contributed by atoms with Crippen molar-refractivity contribution in [2.45, 2.75) is 52.3 Å². The second kappa shape index (κ2) is 9.98. The second-order valence-electron chi connectivity index (χ2n) is 7.27. The molecule has 1 aromatic heterocycles. The van der Waals surface area contributed by atoms with Crippen LogP contribution in [0.1, 0.15) is 39.7 Å². The molecule has 1 atom stereocenters. The molecule has 0 bridgehead atoms. The molecule has 2 N–H and O–H groups in total. The topological polar surface area (TPSA) is 83.8 Å². The number of alkyl carbamates (subject to hydrolysis) is 1. The molecule has 1 fully saturated rings. The molecule has 0 spiro atoms. The molecule has 1 amide bonds. The first-order valence-corrected chi connectivity index (χ1v) is 8.77. The van der Waals surface area contributed by atoms with Crippen LogP contribution in [0.5, 0.6) is 0 Å². The van der Waals surface area contributed by atoms with E-state index in [1.807, 2.05) is 47.1 Å². The van der Waals surface area contributed by atoms with Crippen molar-refractivity contribution in [3.63, 3.8) is 0 Å². The predicted octanol–water partition coefficient (Wildman–Crippen LogP) is 2.10. The minimum absolute atomic E-state index is 0. The first-order valence-electron chi connectivity index (χ1n) is 8.77. The van der Waals surface area contributed by atoms with E-state index in [1.165, 1.54) is 0 Å². The van der Waals surface area contributed by atoms with Gasteiger partial charge in [0.1, 0.15) is 5.60 Å². The fourth-order valence-electron chi connectivity index (χ4n) is 2.69. The first kappa shape index (κ1) is 22.5. The Morgan fingerprint density at radius 3 is 2.77 bits per heavy atom. The van der Waals surface area contributed by atoms with Crippen molar-refractivity contribution in [2.75, 3.05) is 19.6 Å². The van der Waals surface area contributed by atoms with E-state index in [1.54, 1.807) is 4.68 Å². The molecule has 1 unspecified atom stereocenters. The number of carbonyl (C=O) groups excluding carboxylic acids is 1. The van der Waals surface area contributed by atoms with Crippen LogP contribution >= 0.6 is 24.0 Å². The molecule has 0 aromatic carbocycles. The van der Waals surface area contributed by atoms with Crippen LogP contribution in [-0.2, 0) is 18.3 Å². The molecule has 8 nitrogen and oxygen atoms in total. The van der Waals surface area contributed by atoms with Gasteiger partial charge in [0.2, 0.25) is 0 Å². The number of amides is 1. The van der Waals surface area contributed by atoms with Crippen LogP contribution in [0, 0.1) is 0 Å². The highest BCUT2D eigenvalue weighted by Gasteiger charge is 2.27. The lowest BCUT2D eigenvalue weighted by molar-refractivity contribution is 0.0507. The standard InChI is InChI=1S/C17H30N6O2.HI/c1-6-18-15(19-9-13-10-20-22(5)11-13)23-8-7-14(12-23)21-16(24)25-17(2,3)4;/h10-11,14H,6-9,12H2,1-5H3,(H,18,19)(H,21,24);1H. The smallest absolute Gasteiger partial charge is 0.407 e. The van der Waals surface area contributed by atoms with Gasteiger partial charge in [-0.15, -0.1) is 24.0 Å². The third kappa shape index (κ3) is 7.38. The van der Waals surface area contributed by atoms with Gasteiger partial charge in [-0.25, -0.2) is 9.79 Å². The summed E-state index contributed by atoms with van der Waals surface area (Å²) in [5, 5.41) is 10.4. The molecule has 26 heavy (non-hydrogen) atoms. The van der Waals surface area contributed by atoms with E-state index in [0.717, 1.165) is 37.6 Å². The van der Waals surface area contributed by atoms with Gasteiger partial charge in [-0.05, 0) is 34.1 Å². The number of hydrogen-bond donors (Lipinski definition) is 2. The van der Waals surface area contributed by atoms with Crippen molar-refractivity contribution >= 4 is 36.0 Å².